The summed E-state index contributed by atoms with van der Waals surface area (Å²) in [5, 5.41) is 2.49. The summed E-state index contributed by atoms with van der Waals surface area (Å²) in [7, 11) is 0. The van der Waals surface area contributed by atoms with Crippen LogP contribution in [0.25, 0.3) is 11.1 Å². The Morgan fingerprint density at radius 2 is 1.52 bits per heavy atom. The van der Waals surface area contributed by atoms with Crippen LogP contribution in [0.2, 0.25) is 5.02 Å². The number of halogens is 4. The van der Waals surface area contributed by atoms with Crippen molar-refractivity contribution in [3.05, 3.63) is 94.5 Å². The van der Waals surface area contributed by atoms with Crippen LogP contribution in [0.5, 0.6) is 0 Å². The Morgan fingerprint density at radius 1 is 0.881 bits per heavy atom. The summed E-state index contributed by atoms with van der Waals surface area (Å²) in [5.41, 5.74) is 3.09. The van der Waals surface area contributed by atoms with Crippen LogP contribution in [0.15, 0.2) is 72.8 Å². The van der Waals surface area contributed by atoms with E-state index < -0.39 is 24.4 Å². The monoisotopic (exact) mass is 599 g/mol. The Balaban J connectivity index is 1.20. The number of unbranched alkanes of at least 4 members (excludes halogenated alkanes) is 1. The number of amides is 2. The fraction of sp³-hybridized carbons (Fsp3) is 0.375. The highest BCUT2D eigenvalue weighted by atomic mass is 35.5. The number of carbonyl (C=O) groups excluding carboxylic acids is 2. The van der Waals surface area contributed by atoms with E-state index in [-0.39, 0.29) is 5.91 Å². The molecule has 10 heteroatoms. The number of nitrogens with zero attached hydrogens (tertiary/aromatic N) is 2. The first-order valence-electron chi connectivity index (χ1n) is 14.1. The van der Waals surface area contributed by atoms with Gasteiger partial charge >= 0.3 is 12.3 Å². The number of alkyl carbamates (subject to hydrolysis) is 1. The van der Waals surface area contributed by atoms with E-state index in [1.54, 1.807) is 6.07 Å². The number of benzene rings is 3. The molecule has 2 aliphatic rings. The largest absolute Gasteiger partial charge is 0.433 e. The minimum atomic E-state index is -4.54. The molecule has 5 rings (SSSR count). The lowest BCUT2D eigenvalue weighted by molar-refractivity contribution is -0.132. The number of carbonyl (C=O) groups is 2. The number of ether oxygens (including phenoxy) is 1. The standard InChI is InChI=1S/C32H33ClF3N3O3/c33-24-9-7-8-23(20-24)21-29(40)39-18-16-38(17-19-39)15-6-5-14-31(42-30(41)37-22-32(34,35)36)27-12-3-1-10-25(27)26-11-2-4-13-28(26)31/h1-4,7-13,20H,5-6,14-19,21-22H2,(H,37,41). The smallest absolute Gasteiger partial charge is 0.408 e. The molecule has 0 bridgehead atoms. The molecule has 6 nitrogen and oxygen atoms in total. The molecule has 3 aromatic carbocycles. The number of hydrogen-bond acceptors (Lipinski definition) is 4. The summed E-state index contributed by atoms with van der Waals surface area (Å²) in [6.45, 7) is 2.15. The fourth-order valence-electron chi connectivity index (χ4n) is 5.95. The first-order chi connectivity index (χ1) is 20.1. The first-order valence-corrected chi connectivity index (χ1v) is 14.5. The number of rotatable bonds is 9. The minimum absolute atomic E-state index is 0.0818. The van der Waals surface area contributed by atoms with Crippen LogP contribution in [0.3, 0.4) is 0 Å². The van der Waals surface area contributed by atoms with Crippen LogP contribution in [-0.4, -0.2) is 67.2 Å². The molecule has 1 aliphatic carbocycles. The van der Waals surface area contributed by atoms with Crippen molar-refractivity contribution in [2.45, 2.75) is 37.5 Å². The number of nitrogens with one attached hydrogen (secondary N) is 1. The van der Waals surface area contributed by atoms with Crippen LogP contribution in [0, 0.1) is 0 Å². The number of alkyl halides is 3. The number of fused-ring (bicyclic) bond motifs is 3. The van der Waals surface area contributed by atoms with E-state index in [2.05, 4.69) is 4.90 Å². The molecule has 1 N–H and O–H groups in total. The maximum Gasteiger partial charge on any atom is 0.408 e. The Hall–Kier alpha value is -3.56. The van der Waals surface area contributed by atoms with E-state index >= 15 is 0 Å². The first kappa shape index (κ1) is 29.9. The van der Waals surface area contributed by atoms with Crippen LogP contribution in [0.1, 0.15) is 36.0 Å². The lowest BCUT2D eigenvalue weighted by Crippen LogP contribution is -2.49. The number of piperazine rings is 1. The van der Waals surface area contributed by atoms with Crippen LogP contribution < -0.4 is 5.32 Å². The van der Waals surface area contributed by atoms with Gasteiger partial charge in [0, 0.05) is 42.3 Å². The van der Waals surface area contributed by atoms with Gasteiger partial charge in [0.15, 0.2) is 5.60 Å². The van der Waals surface area contributed by atoms with Gasteiger partial charge in [-0.25, -0.2) is 4.79 Å². The molecular formula is C32H33ClF3N3O3. The Kier molecular flexibility index (Phi) is 9.08. The molecule has 0 radical (unpaired) electrons. The van der Waals surface area contributed by atoms with Crippen molar-refractivity contribution in [1.29, 1.82) is 0 Å². The zero-order valence-corrected chi connectivity index (χ0v) is 23.9. The third-order valence-electron chi connectivity index (χ3n) is 7.94. The fourth-order valence-corrected chi connectivity index (χ4v) is 6.16. The van der Waals surface area contributed by atoms with Gasteiger partial charge in [0.2, 0.25) is 5.91 Å². The lowest BCUT2D eigenvalue weighted by atomic mass is 9.86. The normalized spacial score (nSPS) is 16.0. The van der Waals surface area contributed by atoms with E-state index in [1.165, 1.54) is 0 Å². The Morgan fingerprint density at radius 3 is 2.14 bits per heavy atom. The highest BCUT2D eigenvalue weighted by molar-refractivity contribution is 6.30. The van der Waals surface area contributed by atoms with Gasteiger partial charge < -0.3 is 15.0 Å². The second-order valence-electron chi connectivity index (χ2n) is 10.8. The van der Waals surface area contributed by atoms with Crippen molar-refractivity contribution < 1.29 is 27.5 Å². The molecule has 1 aliphatic heterocycles. The van der Waals surface area contributed by atoms with E-state index in [0.717, 1.165) is 53.9 Å². The summed E-state index contributed by atoms with van der Waals surface area (Å²) in [4.78, 5) is 29.7. The summed E-state index contributed by atoms with van der Waals surface area (Å²) < 4.78 is 44.3. The maximum atomic E-state index is 12.8. The van der Waals surface area contributed by atoms with Gasteiger partial charge in [-0.15, -0.1) is 0 Å². The van der Waals surface area contributed by atoms with Crippen molar-refractivity contribution in [2.75, 3.05) is 39.3 Å². The zero-order chi connectivity index (χ0) is 29.7. The predicted molar refractivity (Wildman–Crippen MR) is 155 cm³/mol. The van der Waals surface area contributed by atoms with Crippen molar-refractivity contribution in [3.63, 3.8) is 0 Å². The molecule has 0 spiro atoms. The summed E-state index contributed by atoms with van der Waals surface area (Å²) in [6, 6.07) is 22.5. The van der Waals surface area contributed by atoms with Gasteiger partial charge in [0.05, 0.1) is 6.42 Å². The molecule has 3 aromatic rings. The quantitative estimate of drug-likeness (QED) is 0.289. The second kappa shape index (κ2) is 12.8. The van der Waals surface area contributed by atoms with Crippen LogP contribution >= 0.6 is 11.6 Å². The molecule has 0 saturated carbocycles. The van der Waals surface area contributed by atoms with Crippen LogP contribution in [0.4, 0.5) is 18.0 Å². The summed E-state index contributed by atoms with van der Waals surface area (Å²) in [6.07, 6.45) is -3.40. The average molecular weight is 600 g/mol. The molecule has 1 heterocycles. The molecule has 0 atom stereocenters. The highest BCUT2D eigenvalue weighted by Crippen LogP contribution is 2.52. The van der Waals surface area contributed by atoms with Crippen molar-refractivity contribution in [3.8, 4) is 11.1 Å². The van der Waals surface area contributed by atoms with Gasteiger partial charge in [0.25, 0.3) is 0 Å². The van der Waals surface area contributed by atoms with Gasteiger partial charge in [-0.05, 0) is 54.6 Å². The molecular weight excluding hydrogens is 567 g/mol. The average Bonchev–Trinajstić information content (AvgIpc) is 3.24. The summed E-state index contributed by atoms with van der Waals surface area (Å²) >= 11 is 6.05. The third-order valence-corrected chi connectivity index (χ3v) is 8.17. The topological polar surface area (TPSA) is 61.9 Å². The van der Waals surface area contributed by atoms with Gasteiger partial charge in [-0.1, -0.05) is 72.3 Å². The molecule has 2 amide bonds. The number of hydrogen-bond donors (Lipinski definition) is 1. The molecule has 1 saturated heterocycles. The molecule has 1 fully saturated rings. The molecule has 42 heavy (non-hydrogen) atoms. The Bertz CT molecular complexity index is 1380. The highest BCUT2D eigenvalue weighted by Gasteiger charge is 2.46. The van der Waals surface area contributed by atoms with Crippen molar-refractivity contribution >= 4 is 23.6 Å². The SMILES string of the molecule is O=C(NCC(F)(F)F)OC1(CCCCN2CCN(C(=O)Cc3cccc(Cl)c3)CC2)c2ccccc2-c2ccccc21. The van der Waals surface area contributed by atoms with Gasteiger partial charge in [-0.2, -0.15) is 13.2 Å². The van der Waals surface area contributed by atoms with E-state index in [1.807, 2.05) is 76.9 Å². The minimum Gasteiger partial charge on any atom is -0.433 e. The summed E-state index contributed by atoms with van der Waals surface area (Å²) in [5.74, 6) is 0.0818. The van der Waals surface area contributed by atoms with E-state index in [9.17, 15) is 22.8 Å². The Labute approximate surface area is 248 Å². The van der Waals surface area contributed by atoms with Crippen molar-refractivity contribution in [1.82, 2.24) is 15.1 Å². The molecule has 0 aromatic heterocycles. The van der Waals surface area contributed by atoms with E-state index in [0.29, 0.717) is 37.4 Å². The zero-order valence-electron chi connectivity index (χ0n) is 23.1. The van der Waals surface area contributed by atoms with Gasteiger partial charge in [0.1, 0.15) is 6.54 Å². The van der Waals surface area contributed by atoms with Gasteiger partial charge in [-0.3, -0.25) is 9.69 Å². The molecule has 0 unspecified atom stereocenters. The lowest BCUT2D eigenvalue weighted by Gasteiger charge is -2.35. The van der Waals surface area contributed by atoms with E-state index in [4.69, 9.17) is 16.3 Å². The predicted octanol–water partition coefficient (Wildman–Crippen LogP) is 6.41. The second-order valence-corrected chi connectivity index (χ2v) is 11.2. The van der Waals surface area contributed by atoms with Crippen molar-refractivity contribution in [2.24, 2.45) is 0 Å². The maximum absolute atomic E-state index is 12.8. The third kappa shape index (κ3) is 6.90. The molecule has 222 valence electrons. The van der Waals surface area contributed by atoms with Crippen LogP contribution in [-0.2, 0) is 21.6 Å².